The van der Waals surface area contributed by atoms with Gasteiger partial charge in [0.15, 0.2) is 12.2 Å². The minimum absolute atomic E-state index is 0.104. The topological polar surface area (TPSA) is 237 Å². The maximum atomic E-state index is 13.0. The number of esters is 4. The van der Waals surface area contributed by atoms with Gasteiger partial charge in [-0.2, -0.15) is 0 Å². The lowest BCUT2D eigenvalue weighted by molar-refractivity contribution is -0.161. The Morgan fingerprint density at radius 2 is 0.500 bits per heavy atom. The van der Waals surface area contributed by atoms with Gasteiger partial charge in [0.2, 0.25) is 0 Å². The number of rotatable bonds is 62. The molecule has 0 amide bonds. The highest BCUT2D eigenvalue weighted by molar-refractivity contribution is 7.47. The first kappa shape index (κ1) is 82.1. The molecule has 0 heterocycles. The van der Waals surface area contributed by atoms with E-state index in [2.05, 4.69) is 55.4 Å². The average molecular weight is 1240 g/mol. The van der Waals surface area contributed by atoms with Crippen LogP contribution in [-0.4, -0.2) is 96.7 Å². The molecule has 0 aliphatic heterocycles. The smallest absolute Gasteiger partial charge is 0.462 e. The van der Waals surface area contributed by atoms with Gasteiger partial charge in [-0.1, -0.05) is 261 Å². The number of hydrogen-bond donors (Lipinski definition) is 3. The van der Waals surface area contributed by atoms with Crippen LogP contribution < -0.4 is 0 Å². The van der Waals surface area contributed by atoms with Crippen molar-refractivity contribution < 1.29 is 80.2 Å². The Morgan fingerprint density at radius 3 is 0.738 bits per heavy atom. The molecule has 84 heavy (non-hydrogen) atoms. The summed E-state index contributed by atoms with van der Waals surface area (Å²) in [5.41, 5.74) is 0. The average Bonchev–Trinajstić information content (AvgIpc) is 3.43. The van der Waals surface area contributed by atoms with Crippen LogP contribution in [-0.2, 0) is 65.4 Å². The van der Waals surface area contributed by atoms with E-state index < -0.39 is 97.5 Å². The molecule has 0 aliphatic rings. The Kier molecular flexibility index (Phi) is 53.9. The number of hydrogen-bond acceptors (Lipinski definition) is 15. The fraction of sp³-hybridized carbons (Fsp3) is 0.938. The predicted molar refractivity (Wildman–Crippen MR) is 335 cm³/mol. The van der Waals surface area contributed by atoms with Crippen LogP contribution in [0, 0.1) is 23.7 Å². The van der Waals surface area contributed by atoms with E-state index in [1.54, 1.807) is 0 Å². The molecule has 0 radical (unpaired) electrons. The molecular formula is C65H126O17P2. The van der Waals surface area contributed by atoms with Crippen LogP contribution in [0.4, 0.5) is 0 Å². The van der Waals surface area contributed by atoms with Crippen LogP contribution in [0.25, 0.3) is 0 Å². The highest BCUT2D eigenvalue weighted by Gasteiger charge is 2.30. The predicted octanol–water partition coefficient (Wildman–Crippen LogP) is 17.8. The summed E-state index contributed by atoms with van der Waals surface area (Å²) in [4.78, 5) is 72.2. The number of ether oxygens (including phenoxy) is 4. The van der Waals surface area contributed by atoms with Gasteiger partial charge < -0.3 is 33.8 Å². The van der Waals surface area contributed by atoms with Crippen LogP contribution in [0.15, 0.2) is 0 Å². The quantitative estimate of drug-likeness (QED) is 0.0222. The summed E-state index contributed by atoms with van der Waals surface area (Å²) >= 11 is 0. The summed E-state index contributed by atoms with van der Waals surface area (Å²) < 4.78 is 68.0. The zero-order chi connectivity index (χ0) is 62.5. The third kappa shape index (κ3) is 59.0. The van der Waals surface area contributed by atoms with E-state index in [4.69, 9.17) is 37.0 Å². The molecule has 0 saturated carbocycles. The van der Waals surface area contributed by atoms with Gasteiger partial charge in [-0.15, -0.1) is 0 Å². The molecular weight excluding hydrogens is 1110 g/mol. The SMILES string of the molecule is CC(C)CCCCCCCCCCCCC(=O)O[C@H](COC(=O)CCCCCCCCC(C)C)COP(=O)(O)OCC(O)COP(=O)(O)OC[C@@H](COC(=O)CCCCCCCCC(C)C)OC(=O)CCCCCCCCCCCCC(C)C. The molecule has 0 fully saturated rings. The summed E-state index contributed by atoms with van der Waals surface area (Å²) in [5, 5.41) is 10.5. The molecule has 0 rings (SSSR count). The Labute approximate surface area is 511 Å². The number of phosphoric ester groups is 2. The molecule has 4 atom stereocenters. The van der Waals surface area contributed by atoms with Gasteiger partial charge in [-0.25, -0.2) is 9.13 Å². The van der Waals surface area contributed by atoms with E-state index in [1.807, 2.05) is 0 Å². The van der Waals surface area contributed by atoms with Gasteiger partial charge >= 0.3 is 39.5 Å². The molecule has 0 aromatic heterocycles. The second-order valence-corrected chi connectivity index (χ2v) is 28.3. The lowest BCUT2D eigenvalue weighted by atomic mass is 10.0. The molecule has 0 bridgehead atoms. The number of aliphatic hydroxyl groups is 1. The van der Waals surface area contributed by atoms with E-state index in [-0.39, 0.29) is 25.7 Å². The molecule has 19 heteroatoms. The third-order valence-electron chi connectivity index (χ3n) is 14.8. The van der Waals surface area contributed by atoms with E-state index in [1.165, 1.54) is 103 Å². The van der Waals surface area contributed by atoms with Crippen LogP contribution in [0.5, 0.6) is 0 Å². The van der Waals surface area contributed by atoms with Gasteiger partial charge in [-0.05, 0) is 49.4 Å². The molecule has 3 N–H and O–H groups in total. The Hall–Kier alpha value is -1.94. The van der Waals surface area contributed by atoms with E-state index in [9.17, 15) is 43.2 Å². The highest BCUT2D eigenvalue weighted by Crippen LogP contribution is 2.45. The lowest BCUT2D eigenvalue weighted by Crippen LogP contribution is -2.30. The Balaban J connectivity index is 5.24. The molecule has 498 valence electrons. The van der Waals surface area contributed by atoms with Crippen LogP contribution in [0.3, 0.4) is 0 Å². The van der Waals surface area contributed by atoms with E-state index in [0.29, 0.717) is 37.5 Å². The molecule has 0 aromatic carbocycles. The van der Waals surface area contributed by atoms with Crippen molar-refractivity contribution >= 4 is 39.5 Å². The first-order chi connectivity index (χ1) is 40.1. The highest BCUT2D eigenvalue weighted by atomic mass is 31.2. The number of carbonyl (C=O) groups is 4. The number of aliphatic hydroxyl groups excluding tert-OH is 1. The fourth-order valence-electron chi connectivity index (χ4n) is 9.61. The Bertz CT molecular complexity index is 1560. The van der Waals surface area contributed by atoms with Gasteiger partial charge in [0.05, 0.1) is 26.4 Å². The van der Waals surface area contributed by atoms with E-state index in [0.717, 1.165) is 115 Å². The van der Waals surface area contributed by atoms with Crippen molar-refractivity contribution in [3.63, 3.8) is 0 Å². The number of phosphoric acid groups is 2. The van der Waals surface area contributed by atoms with E-state index >= 15 is 0 Å². The molecule has 17 nitrogen and oxygen atoms in total. The van der Waals surface area contributed by atoms with Crippen molar-refractivity contribution in [3.8, 4) is 0 Å². The molecule has 0 spiro atoms. The summed E-state index contributed by atoms with van der Waals surface area (Å²) in [6.07, 6.45) is 35.1. The first-order valence-corrected chi connectivity index (χ1v) is 36.7. The number of carbonyl (C=O) groups excluding carboxylic acids is 4. The molecule has 0 saturated heterocycles. The molecule has 0 aliphatic carbocycles. The van der Waals surface area contributed by atoms with Gasteiger partial charge in [-0.3, -0.25) is 37.3 Å². The third-order valence-corrected chi connectivity index (χ3v) is 16.7. The minimum atomic E-state index is -4.95. The van der Waals surface area contributed by atoms with Crippen LogP contribution in [0.1, 0.15) is 312 Å². The zero-order valence-corrected chi connectivity index (χ0v) is 56.3. The van der Waals surface area contributed by atoms with Crippen molar-refractivity contribution in [1.82, 2.24) is 0 Å². The standard InChI is InChI=1S/C65H126O17P2/c1-55(2)41-33-25-17-13-9-11-15-19-31-39-47-64(69)81-60(51-75-62(67)45-37-29-23-21-27-35-43-57(5)6)53-79-83(71,72)77-49-59(66)50-78-84(73,74)80-54-61(52-76-63(68)46-38-30-24-22-28-36-44-58(7)8)82-65(70)48-40-32-20-16-12-10-14-18-26-34-42-56(3)4/h55-61,66H,9-54H2,1-8H3,(H,71,72)(H,73,74)/t60-,61-/m1/s1. The second kappa shape index (κ2) is 55.2. The van der Waals surface area contributed by atoms with Gasteiger partial charge in [0, 0.05) is 25.7 Å². The van der Waals surface area contributed by atoms with Gasteiger partial charge in [0.25, 0.3) is 0 Å². The summed E-state index contributed by atoms with van der Waals surface area (Å²) in [6.45, 7) is 13.9. The van der Waals surface area contributed by atoms with Crippen molar-refractivity contribution in [2.75, 3.05) is 39.6 Å². The maximum Gasteiger partial charge on any atom is 0.472 e. The Morgan fingerprint density at radius 1 is 0.298 bits per heavy atom. The summed E-state index contributed by atoms with van der Waals surface area (Å²) in [7, 11) is -9.89. The van der Waals surface area contributed by atoms with Crippen molar-refractivity contribution in [2.24, 2.45) is 23.7 Å². The maximum absolute atomic E-state index is 13.0. The normalized spacial score (nSPS) is 14.4. The largest absolute Gasteiger partial charge is 0.472 e. The fourth-order valence-corrected chi connectivity index (χ4v) is 11.2. The van der Waals surface area contributed by atoms with Crippen molar-refractivity contribution in [3.05, 3.63) is 0 Å². The monoisotopic (exact) mass is 1240 g/mol. The first-order valence-electron chi connectivity index (χ1n) is 33.7. The minimum Gasteiger partial charge on any atom is -0.462 e. The summed E-state index contributed by atoms with van der Waals surface area (Å²) in [5.74, 6) is 0.723. The van der Waals surface area contributed by atoms with Crippen LogP contribution in [0.2, 0.25) is 0 Å². The lowest BCUT2D eigenvalue weighted by Gasteiger charge is -2.21. The second-order valence-electron chi connectivity index (χ2n) is 25.4. The van der Waals surface area contributed by atoms with Crippen molar-refractivity contribution in [1.29, 1.82) is 0 Å². The zero-order valence-electron chi connectivity index (χ0n) is 54.5. The number of unbranched alkanes of at least 4 members (excludes halogenated alkanes) is 28. The van der Waals surface area contributed by atoms with Gasteiger partial charge in [0.1, 0.15) is 19.3 Å². The molecule has 2 unspecified atom stereocenters. The van der Waals surface area contributed by atoms with Crippen LogP contribution >= 0.6 is 15.6 Å². The van der Waals surface area contributed by atoms with Crippen molar-refractivity contribution in [2.45, 2.75) is 331 Å². The molecule has 0 aromatic rings. The summed E-state index contributed by atoms with van der Waals surface area (Å²) in [6, 6.07) is 0.